The molecule has 0 saturated carbocycles. The van der Waals surface area contributed by atoms with E-state index in [4.69, 9.17) is 9.47 Å². The molecule has 12 heteroatoms. The van der Waals surface area contributed by atoms with Crippen LogP contribution in [0.4, 0.5) is 10.6 Å². The Kier molecular flexibility index (Phi) is 6.89. The van der Waals surface area contributed by atoms with Crippen molar-refractivity contribution in [2.75, 3.05) is 18.7 Å². The fourth-order valence-electron chi connectivity index (χ4n) is 3.17. The van der Waals surface area contributed by atoms with E-state index in [0.717, 1.165) is 0 Å². The zero-order valence-electron chi connectivity index (χ0n) is 17.9. The summed E-state index contributed by atoms with van der Waals surface area (Å²) >= 11 is 0. The normalized spacial score (nSPS) is 20.0. The molecule has 1 N–H and O–H groups in total. The smallest absolute Gasteiger partial charge is 0.431 e. The maximum atomic E-state index is 12.1. The van der Waals surface area contributed by atoms with E-state index >= 15 is 0 Å². The van der Waals surface area contributed by atoms with Crippen molar-refractivity contribution in [2.24, 2.45) is 5.92 Å². The predicted octanol–water partition coefficient (Wildman–Crippen LogP) is 1.90. The van der Waals surface area contributed by atoms with Crippen LogP contribution in [0.3, 0.4) is 0 Å². The molecule has 1 aliphatic heterocycles. The number of nitrogens with one attached hydrogen (secondary N) is 1. The van der Waals surface area contributed by atoms with Gasteiger partial charge in [-0.05, 0) is 25.0 Å². The molecule has 1 saturated heterocycles. The summed E-state index contributed by atoms with van der Waals surface area (Å²) in [5, 5.41) is 16.9. The van der Waals surface area contributed by atoms with E-state index in [1.807, 2.05) is 0 Å². The van der Waals surface area contributed by atoms with Crippen LogP contribution in [0.1, 0.15) is 39.3 Å². The van der Waals surface area contributed by atoms with E-state index in [9.17, 15) is 19.6 Å². The highest BCUT2D eigenvalue weighted by atomic mass is 16.8. The number of anilines is 1. The summed E-state index contributed by atoms with van der Waals surface area (Å²) in [4.78, 5) is 38.4. The number of nitriles is 1. The van der Waals surface area contributed by atoms with E-state index in [1.54, 1.807) is 26.0 Å². The van der Waals surface area contributed by atoms with Gasteiger partial charge in [0.1, 0.15) is 24.5 Å². The molecule has 3 rings (SSSR count). The third-order valence-electron chi connectivity index (χ3n) is 4.82. The summed E-state index contributed by atoms with van der Waals surface area (Å²) < 4.78 is 21.5. The zero-order valence-corrected chi connectivity index (χ0v) is 17.9. The van der Waals surface area contributed by atoms with Crippen molar-refractivity contribution in [3.8, 4) is 6.07 Å². The molecule has 2 aromatic rings. The maximum Gasteiger partial charge on any atom is 0.511 e. The molecule has 32 heavy (non-hydrogen) atoms. The number of rotatable bonds is 7. The van der Waals surface area contributed by atoms with Crippen molar-refractivity contribution in [3.63, 3.8) is 0 Å². The molecule has 1 amide bonds. The average molecular weight is 445 g/mol. The Morgan fingerprint density at radius 2 is 2.12 bits per heavy atom. The summed E-state index contributed by atoms with van der Waals surface area (Å²) in [5.74, 6) is -0.694. The topological polar surface area (TPSA) is 154 Å². The molecule has 1 fully saturated rings. The Labute approximate surface area is 183 Å². The van der Waals surface area contributed by atoms with Gasteiger partial charge >= 0.3 is 12.1 Å². The Morgan fingerprint density at radius 1 is 1.34 bits per heavy atom. The molecule has 2 atom stereocenters. The van der Waals surface area contributed by atoms with Crippen LogP contribution in [0.2, 0.25) is 0 Å². The van der Waals surface area contributed by atoms with E-state index in [1.165, 1.54) is 17.8 Å². The first-order chi connectivity index (χ1) is 15.3. The molecule has 1 aliphatic rings. The van der Waals surface area contributed by atoms with Crippen LogP contribution in [0, 0.1) is 17.2 Å². The zero-order chi connectivity index (χ0) is 23.3. The number of amides is 1. The van der Waals surface area contributed by atoms with Gasteiger partial charge < -0.3 is 24.3 Å². The Morgan fingerprint density at radius 3 is 2.81 bits per heavy atom. The lowest BCUT2D eigenvalue weighted by Gasteiger charge is -2.21. The van der Waals surface area contributed by atoms with Crippen molar-refractivity contribution >= 4 is 29.4 Å². The number of carbonyl (C=O) groups excluding carboxylic acids is 3. The minimum atomic E-state index is -1.32. The van der Waals surface area contributed by atoms with Gasteiger partial charge in [-0.25, -0.2) is 14.3 Å². The Bertz CT molecular complexity index is 1060. The summed E-state index contributed by atoms with van der Waals surface area (Å²) in [7, 11) is 0. The van der Waals surface area contributed by atoms with Gasteiger partial charge in [0, 0.05) is 12.8 Å². The van der Waals surface area contributed by atoms with Gasteiger partial charge in [-0.2, -0.15) is 10.4 Å². The first-order valence-corrected chi connectivity index (χ1v) is 9.92. The van der Waals surface area contributed by atoms with Gasteiger partial charge in [0.25, 0.3) is 0 Å². The predicted molar refractivity (Wildman–Crippen MR) is 107 cm³/mol. The first-order valence-electron chi connectivity index (χ1n) is 9.92. The quantitative estimate of drug-likeness (QED) is 0.493. The molecule has 2 unspecified atom stereocenters. The minimum absolute atomic E-state index is 0.143. The summed E-state index contributed by atoms with van der Waals surface area (Å²) in [6.45, 7) is 4.02. The lowest BCUT2D eigenvalue weighted by atomic mass is 9.98. The van der Waals surface area contributed by atoms with Crippen LogP contribution in [0.25, 0.3) is 5.52 Å². The number of fused-ring (bicyclic) bond motifs is 1. The second-order valence-electron chi connectivity index (χ2n) is 7.44. The largest absolute Gasteiger partial charge is 0.511 e. The number of hydrogen-bond donors (Lipinski definition) is 1. The molecule has 0 radical (unpaired) electrons. The van der Waals surface area contributed by atoms with E-state index in [2.05, 4.69) is 30.9 Å². The second kappa shape index (κ2) is 9.61. The fraction of sp³-hybridized carbons (Fsp3) is 0.500. The van der Waals surface area contributed by atoms with Crippen molar-refractivity contribution in [2.45, 2.75) is 45.3 Å². The van der Waals surface area contributed by atoms with E-state index in [-0.39, 0.29) is 18.4 Å². The summed E-state index contributed by atoms with van der Waals surface area (Å²) in [6.07, 6.45) is 0.495. The standard InChI is InChI=1S/C20H23N5O7/c1-12(2)18(27)24-17-15-4-5-16(25(15)23-10-22-17)20(9-21)7-6-14(32-20)8-29-19(28)31-11-30-13(3)26/h4-5,10,12,14H,6-8,11H2,1-3H3,(H,22,23,24,27). The van der Waals surface area contributed by atoms with Gasteiger partial charge in [-0.1, -0.05) is 13.8 Å². The van der Waals surface area contributed by atoms with Crippen LogP contribution in [0.5, 0.6) is 0 Å². The van der Waals surface area contributed by atoms with Crippen LogP contribution in [-0.2, 0) is 34.1 Å². The van der Waals surface area contributed by atoms with Gasteiger partial charge in [-0.15, -0.1) is 0 Å². The lowest BCUT2D eigenvalue weighted by Crippen LogP contribution is -2.29. The van der Waals surface area contributed by atoms with Gasteiger partial charge in [0.15, 0.2) is 11.4 Å². The van der Waals surface area contributed by atoms with E-state index < -0.39 is 30.6 Å². The minimum Gasteiger partial charge on any atom is -0.431 e. The molecular formula is C20H23N5O7. The monoisotopic (exact) mass is 445 g/mol. The molecule has 0 bridgehead atoms. The fourth-order valence-corrected chi connectivity index (χ4v) is 3.17. The third kappa shape index (κ3) is 4.94. The maximum absolute atomic E-state index is 12.1. The summed E-state index contributed by atoms with van der Waals surface area (Å²) in [5.41, 5.74) is -0.337. The number of esters is 1. The molecule has 2 aromatic heterocycles. The van der Waals surface area contributed by atoms with Crippen molar-refractivity contribution in [1.29, 1.82) is 5.26 Å². The number of aromatic nitrogens is 3. The van der Waals surface area contributed by atoms with Crippen LogP contribution < -0.4 is 5.32 Å². The Balaban J connectivity index is 1.70. The van der Waals surface area contributed by atoms with Gasteiger partial charge in [0.2, 0.25) is 12.7 Å². The van der Waals surface area contributed by atoms with Crippen LogP contribution in [-0.4, -0.2) is 52.1 Å². The number of carbonyl (C=O) groups is 3. The third-order valence-corrected chi connectivity index (χ3v) is 4.82. The highest BCUT2D eigenvalue weighted by Crippen LogP contribution is 2.40. The SMILES string of the molecule is CC(=O)OCOC(=O)OCC1CCC(C#N)(c2ccc3c(NC(=O)C(C)C)ncnn23)O1. The molecule has 12 nitrogen and oxygen atoms in total. The lowest BCUT2D eigenvalue weighted by molar-refractivity contribution is -0.151. The highest BCUT2D eigenvalue weighted by Gasteiger charge is 2.45. The highest BCUT2D eigenvalue weighted by molar-refractivity contribution is 5.94. The van der Waals surface area contributed by atoms with Crippen molar-refractivity contribution in [3.05, 3.63) is 24.2 Å². The van der Waals surface area contributed by atoms with E-state index in [0.29, 0.717) is 29.9 Å². The molecule has 0 aliphatic carbocycles. The number of hydrogen-bond acceptors (Lipinski definition) is 10. The van der Waals surface area contributed by atoms with Crippen LogP contribution in [0.15, 0.2) is 18.5 Å². The second-order valence-corrected chi connectivity index (χ2v) is 7.44. The van der Waals surface area contributed by atoms with Crippen LogP contribution >= 0.6 is 0 Å². The average Bonchev–Trinajstić information content (AvgIpc) is 3.37. The summed E-state index contributed by atoms with van der Waals surface area (Å²) in [6, 6.07) is 5.58. The number of nitrogens with zero attached hydrogens (tertiary/aromatic N) is 4. The molecular weight excluding hydrogens is 422 g/mol. The first kappa shape index (κ1) is 23.0. The van der Waals surface area contributed by atoms with Gasteiger partial charge in [-0.3, -0.25) is 9.59 Å². The van der Waals surface area contributed by atoms with Crippen molar-refractivity contribution < 1.29 is 33.3 Å². The molecule has 0 aromatic carbocycles. The molecule has 3 heterocycles. The van der Waals surface area contributed by atoms with Crippen molar-refractivity contribution in [1.82, 2.24) is 14.6 Å². The molecule has 0 spiro atoms. The molecule has 170 valence electrons. The van der Waals surface area contributed by atoms with Gasteiger partial charge in [0.05, 0.1) is 11.8 Å². The number of ether oxygens (including phenoxy) is 4. The Hall–Kier alpha value is -3.72.